The van der Waals surface area contributed by atoms with Crippen LogP contribution in [0.3, 0.4) is 0 Å². The molecule has 2 aromatic heterocycles. The summed E-state index contributed by atoms with van der Waals surface area (Å²) in [6.07, 6.45) is 3.66. The Bertz CT molecular complexity index is 628. The molecule has 1 N–H and O–H groups in total. The lowest BCUT2D eigenvalue weighted by Crippen LogP contribution is -2.31. The van der Waals surface area contributed by atoms with Crippen molar-refractivity contribution in [1.82, 2.24) is 24.7 Å². The van der Waals surface area contributed by atoms with Crippen LogP contribution in [0.2, 0.25) is 0 Å². The number of aryl methyl sites for hydroxylation is 2. The van der Waals surface area contributed by atoms with Crippen molar-refractivity contribution in [2.24, 2.45) is 0 Å². The molecule has 3 rings (SSSR count). The Hall–Kier alpha value is -2.18. The summed E-state index contributed by atoms with van der Waals surface area (Å²) in [5, 5.41) is 7.47. The molecule has 0 radical (unpaired) electrons. The zero-order valence-electron chi connectivity index (χ0n) is 12.8. The summed E-state index contributed by atoms with van der Waals surface area (Å²) in [5.41, 5.74) is 1.98. The fraction of sp³-hybridized carbons (Fsp3) is 0.571. The van der Waals surface area contributed by atoms with Gasteiger partial charge in [0.05, 0.1) is 5.69 Å². The molecule has 1 saturated heterocycles. The van der Waals surface area contributed by atoms with E-state index in [1.54, 1.807) is 4.68 Å². The fourth-order valence-corrected chi connectivity index (χ4v) is 2.63. The molecule has 0 aliphatic carbocycles. The molecule has 112 valence electrons. The maximum atomic E-state index is 4.61. The molecule has 0 bridgehead atoms. The van der Waals surface area contributed by atoms with E-state index in [4.69, 9.17) is 0 Å². The van der Waals surface area contributed by atoms with Crippen LogP contribution < -0.4 is 10.2 Å². The average Bonchev–Trinajstić information content (AvgIpc) is 2.86. The minimum Gasteiger partial charge on any atom is -0.357 e. The molecule has 2 aromatic rings. The third-order valence-electron chi connectivity index (χ3n) is 3.67. The Labute approximate surface area is 124 Å². The van der Waals surface area contributed by atoms with Gasteiger partial charge in [0.1, 0.15) is 0 Å². The third-order valence-corrected chi connectivity index (χ3v) is 3.67. The van der Waals surface area contributed by atoms with Crippen LogP contribution in [0.5, 0.6) is 0 Å². The molecule has 0 saturated carbocycles. The lowest BCUT2D eigenvalue weighted by atomic mass is 10.1. The number of nitrogens with zero attached hydrogens (tertiary/aromatic N) is 6. The molecule has 1 fully saturated rings. The first-order valence-corrected chi connectivity index (χ1v) is 7.40. The maximum absolute atomic E-state index is 4.61. The normalized spacial score (nSPS) is 15.3. The van der Waals surface area contributed by atoms with E-state index in [0.29, 0.717) is 11.9 Å². The van der Waals surface area contributed by atoms with Crippen molar-refractivity contribution in [3.63, 3.8) is 0 Å². The van der Waals surface area contributed by atoms with Gasteiger partial charge in [-0.15, -0.1) is 0 Å². The van der Waals surface area contributed by atoms with E-state index in [2.05, 4.69) is 30.3 Å². The lowest BCUT2D eigenvalue weighted by molar-refractivity contribution is 0.566. The van der Waals surface area contributed by atoms with Gasteiger partial charge in [-0.1, -0.05) is 0 Å². The standard InChI is InChI=1S/C14H21N7/c1-10-9-11(2)21(19-10)14-17-12(15-3)16-13(18-14)20-7-5-4-6-8-20/h9H,4-8H2,1-3H3,(H,15,16,17,18). The predicted octanol–water partition coefficient (Wildman–Crippen LogP) is 1.71. The van der Waals surface area contributed by atoms with Crippen molar-refractivity contribution in [2.45, 2.75) is 33.1 Å². The Morgan fingerprint density at radius 3 is 2.33 bits per heavy atom. The van der Waals surface area contributed by atoms with Gasteiger partial charge in [0, 0.05) is 25.8 Å². The second-order valence-corrected chi connectivity index (χ2v) is 5.40. The van der Waals surface area contributed by atoms with Gasteiger partial charge in [-0.3, -0.25) is 0 Å². The molecule has 0 amide bonds. The van der Waals surface area contributed by atoms with Crippen LogP contribution in [0.1, 0.15) is 30.7 Å². The number of piperidine rings is 1. The zero-order valence-corrected chi connectivity index (χ0v) is 12.8. The zero-order chi connectivity index (χ0) is 14.8. The quantitative estimate of drug-likeness (QED) is 0.926. The number of nitrogens with one attached hydrogen (secondary N) is 1. The molecular weight excluding hydrogens is 266 g/mol. The average molecular weight is 287 g/mol. The van der Waals surface area contributed by atoms with Crippen LogP contribution >= 0.6 is 0 Å². The second-order valence-electron chi connectivity index (χ2n) is 5.40. The number of anilines is 2. The molecule has 0 atom stereocenters. The highest BCUT2D eigenvalue weighted by Crippen LogP contribution is 2.18. The van der Waals surface area contributed by atoms with Crippen LogP contribution in [0.4, 0.5) is 11.9 Å². The summed E-state index contributed by atoms with van der Waals surface area (Å²) in [6.45, 7) is 5.98. The summed E-state index contributed by atoms with van der Waals surface area (Å²) >= 11 is 0. The Morgan fingerprint density at radius 1 is 1.00 bits per heavy atom. The molecule has 1 aliphatic rings. The highest BCUT2D eigenvalue weighted by Gasteiger charge is 2.17. The molecule has 1 aliphatic heterocycles. The second kappa shape index (κ2) is 5.67. The largest absolute Gasteiger partial charge is 0.357 e. The van der Waals surface area contributed by atoms with E-state index in [-0.39, 0.29) is 0 Å². The van der Waals surface area contributed by atoms with Crippen molar-refractivity contribution >= 4 is 11.9 Å². The van der Waals surface area contributed by atoms with Gasteiger partial charge in [0.25, 0.3) is 5.95 Å². The van der Waals surface area contributed by atoms with Gasteiger partial charge >= 0.3 is 0 Å². The summed E-state index contributed by atoms with van der Waals surface area (Å²) in [5.74, 6) is 1.88. The summed E-state index contributed by atoms with van der Waals surface area (Å²) < 4.78 is 1.77. The number of hydrogen-bond donors (Lipinski definition) is 1. The summed E-state index contributed by atoms with van der Waals surface area (Å²) in [6, 6.07) is 2.02. The highest BCUT2D eigenvalue weighted by molar-refractivity contribution is 5.40. The van der Waals surface area contributed by atoms with Gasteiger partial charge in [-0.2, -0.15) is 20.1 Å². The van der Waals surface area contributed by atoms with Crippen LogP contribution in [-0.4, -0.2) is 44.9 Å². The molecular formula is C14H21N7. The van der Waals surface area contributed by atoms with E-state index in [9.17, 15) is 0 Å². The van der Waals surface area contributed by atoms with Crippen LogP contribution in [0.15, 0.2) is 6.07 Å². The molecule has 7 nitrogen and oxygen atoms in total. The number of hydrogen-bond acceptors (Lipinski definition) is 6. The van der Waals surface area contributed by atoms with Crippen molar-refractivity contribution in [2.75, 3.05) is 30.4 Å². The number of aromatic nitrogens is 5. The molecule has 0 unspecified atom stereocenters. The topological polar surface area (TPSA) is 71.8 Å². The van der Waals surface area contributed by atoms with Crippen molar-refractivity contribution in [3.05, 3.63) is 17.5 Å². The minimum absolute atomic E-state index is 0.570. The van der Waals surface area contributed by atoms with E-state index in [1.165, 1.54) is 19.3 Å². The first kappa shape index (κ1) is 13.8. The Morgan fingerprint density at radius 2 is 1.71 bits per heavy atom. The van der Waals surface area contributed by atoms with Crippen LogP contribution in [0, 0.1) is 13.8 Å². The lowest BCUT2D eigenvalue weighted by Gasteiger charge is -2.26. The molecule has 21 heavy (non-hydrogen) atoms. The fourth-order valence-electron chi connectivity index (χ4n) is 2.63. The summed E-state index contributed by atoms with van der Waals surface area (Å²) in [4.78, 5) is 15.8. The third kappa shape index (κ3) is 2.81. The van der Waals surface area contributed by atoms with Gasteiger partial charge in [0.15, 0.2) is 0 Å². The van der Waals surface area contributed by atoms with Gasteiger partial charge in [0.2, 0.25) is 11.9 Å². The first-order valence-electron chi connectivity index (χ1n) is 7.40. The van der Waals surface area contributed by atoms with Crippen molar-refractivity contribution in [1.29, 1.82) is 0 Å². The first-order chi connectivity index (χ1) is 10.2. The van der Waals surface area contributed by atoms with Gasteiger partial charge in [-0.05, 0) is 39.2 Å². The molecule has 0 spiro atoms. The van der Waals surface area contributed by atoms with E-state index < -0.39 is 0 Å². The van der Waals surface area contributed by atoms with Gasteiger partial charge < -0.3 is 10.2 Å². The van der Waals surface area contributed by atoms with E-state index >= 15 is 0 Å². The van der Waals surface area contributed by atoms with Crippen LogP contribution in [0.25, 0.3) is 5.95 Å². The molecule has 3 heterocycles. The smallest absolute Gasteiger partial charge is 0.257 e. The summed E-state index contributed by atoms with van der Waals surface area (Å²) in [7, 11) is 1.82. The predicted molar refractivity (Wildman–Crippen MR) is 82.0 cm³/mol. The van der Waals surface area contributed by atoms with Crippen molar-refractivity contribution < 1.29 is 0 Å². The molecule has 0 aromatic carbocycles. The van der Waals surface area contributed by atoms with Crippen molar-refractivity contribution in [3.8, 4) is 5.95 Å². The number of rotatable bonds is 3. The highest BCUT2D eigenvalue weighted by atomic mass is 15.4. The molecule has 7 heteroatoms. The van der Waals surface area contributed by atoms with E-state index in [1.807, 2.05) is 27.0 Å². The Kier molecular flexibility index (Phi) is 3.72. The maximum Gasteiger partial charge on any atom is 0.257 e. The minimum atomic E-state index is 0.570. The SMILES string of the molecule is CNc1nc(N2CCCCC2)nc(-n2nc(C)cc2C)n1. The monoisotopic (exact) mass is 287 g/mol. The van der Waals surface area contributed by atoms with Gasteiger partial charge in [-0.25, -0.2) is 4.68 Å². The van der Waals surface area contributed by atoms with Crippen LogP contribution in [-0.2, 0) is 0 Å². The Balaban J connectivity index is 2.02. The van der Waals surface area contributed by atoms with E-state index in [0.717, 1.165) is 30.4 Å².